The Bertz CT molecular complexity index is 637. The highest BCUT2D eigenvalue weighted by Gasteiger charge is 2.22. The van der Waals surface area contributed by atoms with Crippen LogP contribution in [0.2, 0.25) is 5.02 Å². The molecular formula is C17H27ClN2O3S. The van der Waals surface area contributed by atoms with E-state index in [1.807, 2.05) is 0 Å². The van der Waals surface area contributed by atoms with Crippen LogP contribution in [0.25, 0.3) is 0 Å². The molecule has 1 aliphatic heterocycles. The molecule has 1 N–H and O–H groups in total. The number of nitrogens with zero attached hydrogens (tertiary/aromatic N) is 1. The van der Waals surface area contributed by atoms with Crippen molar-refractivity contribution in [2.75, 3.05) is 26.7 Å². The van der Waals surface area contributed by atoms with E-state index in [2.05, 4.69) is 16.5 Å². The van der Waals surface area contributed by atoms with Crippen molar-refractivity contribution in [2.24, 2.45) is 0 Å². The maximum Gasteiger partial charge on any atom is 0.244 e. The Kier molecular flexibility index (Phi) is 7.34. The van der Waals surface area contributed by atoms with Gasteiger partial charge in [-0.2, -0.15) is 0 Å². The molecule has 0 aromatic heterocycles. The molecule has 0 aliphatic carbocycles. The Morgan fingerprint density at radius 2 is 2.17 bits per heavy atom. The van der Waals surface area contributed by atoms with E-state index in [0.717, 1.165) is 25.9 Å². The van der Waals surface area contributed by atoms with Gasteiger partial charge in [0.25, 0.3) is 0 Å². The summed E-state index contributed by atoms with van der Waals surface area (Å²) in [6, 6.07) is 5.24. The smallest absolute Gasteiger partial charge is 0.244 e. The molecule has 1 fully saturated rings. The quantitative estimate of drug-likeness (QED) is 0.709. The van der Waals surface area contributed by atoms with E-state index in [4.69, 9.17) is 16.3 Å². The third-order valence-electron chi connectivity index (χ3n) is 4.55. The van der Waals surface area contributed by atoms with E-state index in [0.29, 0.717) is 23.4 Å². The highest BCUT2D eigenvalue weighted by molar-refractivity contribution is 7.89. The fourth-order valence-electron chi connectivity index (χ4n) is 3.24. The second-order valence-electron chi connectivity index (χ2n) is 6.14. The van der Waals surface area contributed by atoms with Crippen LogP contribution in [0.5, 0.6) is 5.75 Å². The van der Waals surface area contributed by atoms with Crippen molar-refractivity contribution in [1.82, 2.24) is 9.62 Å². The minimum Gasteiger partial charge on any atom is -0.495 e. The standard InChI is InChI=1S/C17H27ClN2O3S/c1-3-15-7-4-5-11-20(15)12-6-10-19-24(21,22)17-13-14(18)8-9-16(17)23-2/h8-9,13,15,19H,3-7,10-12H2,1-2H3. The van der Waals surface area contributed by atoms with Crippen LogP contribution in [0.1, 0.15) is 39.0 Å². The minimum atomic E-state index is -3.63. The largest absolute Gasteiger partial charge is 0.495 e. The molecule has 0 spiro atoms. The van der Waals surface area contributed by atoms with Gasteiger partial charge in [0.1, 0.15) is 10.6 Å². The van der Waals surface area contributed by atoms with E-state index < -0.39 is 10.0 Å². The van der Waals surface area contributed by atoms with Crippen LogP contribution in [0.15, 0.2) is 23.1 Å². The Hall–Kier alpha value is -0.820. The van der Waals surface area contributed by atoms with Gasteiger partial charge in [-0.25, -0.2) is 13.1 Å². The molecule has 1 saturated heterocycles. The Morgan fingerprint density at radius 1 is 1.38 bits per heavy atom. The Balaban J connectivity index is 1.90. The summed E-state index contributed by atoms with van der Waals surface area (Å²) in [5.41, 5.74) is 0. The van der Waals surface area contributed by atoms with Gasteiger partial charge in [-0.1, -0.05) is 24.9 Å². The zero-order chi connectivity index (χ0) is 17.6. The average molecular weight is 375 g/mol. The number of hydrogen-bond acceptors (Lipinski definition) is 4. The van der Waals surface area contributed by atoms with Crippen LogP contribution in [0.4, 0.5) is 0 Å². The van der Waals surface area contributed by atoms with Gasteiger partial charge in [0.05, 0.1) is 7.11 Å². The first-order valence-corrected chi connectivity index (χ1v) is 10.4. The summed E-state index contributed by atoms with van der Waals surface area (Å²) in [6.07, 6.45) is 5.74. The molecule has 0 radical (unpaired) electrons. The normalized spacial score (nSPS) is 19.4. The van der Waals surface area contributed by atoms with Crippen molar-refractivity contribution in [3.05, 3.63) is 23.2 Å². The van der Waals surface area contributed by atoms with Crippen LogP contribution in [0.3, 0.4) is 0 Å². The summed E-state index contributed by atoms with van der Waals surface area (Å²) in [5, 5.41) is 0.371. The van der Waals surface area contributed by atoms with Crippen molar-refractivity contribution >= 4 is 21.6 Å². The SMILES string of the molecule is CCC1CCCCN1CCCNS(=O)(=O)c1cc(Cl)ccc1OC. The molecule has 1 aromatic carbocycles. The first kappa shape index (κ1) is 19.5. The van der Waals surface area contributed by atoms with E-state index in [1.165, 1.54) is 32.4 Å². The van der Waals surface area contributed by atoms with Crippen LogP contribution < -0.4 is 9.46 Å². The van der Waals surface area contributed by atoms with Crippen LogP contribution in [-0.4, -0.2) is 46.1 Å². The lowest BCUT2D eigenvalue weighted by Gasteiger charge is -2.35. The summed E-state index contributed by atoms with van der Waals surface area (Å²) in [6.45, 7) is 4.67. The van der Waals surface area contributed by atoms with E-state index in [9.17, 15) is 8.42 Å². The molecule has 1 aliphatic rings. The van der Waals surface area contributed by atoms with Crippen molar-refractivity contribution in [3.8, 4) is 5.75 Å². The molecule has 1 aromatic rings. The number of sulfonamides is 1. The number of ether oxygens (including phenoxy) is 1. The third-order valence-corrected chi connectivity index (χ3v) is 6.27. The van der Waals surface area contributed by atoms with Gasteiger partial charge in [0.15, 0.2) is 0 Å². The zero-order valence-electron chi connectivity index (χ0n) is 14.4. The highest BCUT2D eigenvalue weighted by Crippen LogP contribution is 2.26. The molecule has 1 unspecified atom stereocenters. The molecule has 136 valence electrons. The number of rotatable bonds is 8. The number of nitrogens with one attached hydrogen (secondary N) is 1. The first-order chi connectivity index (χ1) is 11.5. The van der Waals surface area contributed by atoms with Crippen LogP contribution >= 0.6 is 11.6 Å². The van der Waals surface area contributed by atoms with E-state index >= 15 is 0 Å². The van der Waals surface area contributed by atoms with Gasteiger partial charge >= 0.3 is 0 Å². The lowest BCUT2D eigenvalue weighted by atomic mass is 10.00. The topological polar surface area (TPSA) is 58.6 Å². The summed E-state index contributed by atoms with van der Waals surface area (Å²) in [5.74, 6) is 0.300. The first-order valence-electron chi connectivity index (χ1n) is 8.55. The molecular weight excluding hydrogens is 348 g/mol. The zero-order valence-corrected chi connectivity index (χ0v) is 16.0. The predicted molar refractivity (Wildman–Crippen MR) is 97.3 cm³/mol. The predicted octanol–water partition coefficient (Wildman–Crippen LogP) is 3.28. The Morgan fingerprint density at radius 3 is 2.88 bits per heavy atom. The second-order valence-corrected chi connectivity index (χ2v) is 8.31. The van der Waals surface area contributed by atoms with E-state index in [-0.39, 0.29) is 4.90 Å². The van der Waals surface area contributed by atoms with Crippen molar-refractivity contribution in [3.63, 3.8) is 0 Å². The molecule has 7 heteroatoms. The number of hydrogen-bond donors (Lipinski definition) is 1. The number of piperidine rings is 1. The second kappa shape index (κ2) is 9.04. The maximum atomic E-state index is 12.5. The van der Waals surface area contributed by atoms with Gasteiger partial charge in [-0.15, -0.1) is 0 Å². The molecule has 5 nitrogen and oxygen atoms in total. The summed E-state index contributed by atoms with van der Waals surface area (Å²) in [7, 11) is -2.18. The number of methoxy groups -OCH3 is 1. The molecule has 2 rings (SSSR count). The van der Waals surface area contributed by atoms with Gasteiger partial charge in [0.2, 0.25) is 10.0 Å². The van der Waals surface area contributed by atoms with Gasteiger partial charge in [-0.05, 0) is 57.0 Å². The molecule has 0 saturated carbocycles. The van der Waals surface area contributed by atoms with Crippen LogP contribution in [-0.2, 0) is 10.0 Å². The average Bonchev–Trinajstić information content (AvgIpc) is 2.59. The maximum absolute atomic E-state index is 12.5. The third kappa shape index (κ3) is 5.09. The molecule has 24 heavy (non-hydrogen) atoms. The highest BCUT2D eigenvalue weighted by atomic mass is 35.5. The Labute approximate surface area is 150 Å². The fraction of sp³-hybridized carbons (Fsp3) is 0.647. The van der Waals surface area contributed by atoms with Gasteiger partial charge in [0, 0.05) is 17.6 Å². The van der Waals surface area contributed by atoms with Crippen molar-refractivity contribution in [2.45, 2.75) is 50.0 Å². The molecule has 1 heterocycles. The molecule has 1 atom stereocenters. The monoisotopic (exact) mass is 374 g/mol. The summed E-state index contributed by atoms with van der Waals surface area (Å²) >= 11 is 5.92. The van der Waals surface area contributed by atoms with Crippen LogP contribution in [0, 0.1) is 0 Å². The van der Waals surface area contributed by atoms with E-state index in [1.54, 1.807) is 12.1 Å². The lowest BCUT2D eigenvalue weighted by molar-refractivity contribution is 0.143. The number of halogens is 1. The summed E-state index contributed by atoms with van der Waals surface area (Å²) in [4.78, 5) is 2.57. The van der Waals surface area contributed by atoms with Crippen molar-refractivity contribution in [1.29, 1.82) is 0 Å². The summed E-state index contributed by atoms with van der Waals surface area (Å²) < 4.78 is 32.7. The molecule has 0 bridgehead atoms. The fourth-order valence-corrected chi connectivity index (χ4v) is 4.75. The number of likely N-dealkylation sites (tertiary alicyclic amines) is 1. The lowest BCUT2D eigenvalue weighted by Crippen LogP contribution is -2.40. The minimum absolute atomic E-state index is 0.0851. The number of benzene rings is 1. The van der Waals surface area contributed by atoms with Gasteiger partial charge in [-0.3, -0.25) is 0 Å². The van der Waals surface area contributed by atoms with Gasteiger partial charge < -0.3 is 9.64 Å². The van der Waals surface area contributed by atoms with Crippen molar-refractivity contribution < 1.29 is 13.2 Å². The molecule has 0 amide bonds.